The van der Waals surface area contributed by atoms with E-state index in [4.69, 9.17) is 12.7 Å². The quantitative estimate of drug-likeness (QED) is 0.176. The number of para-hydroxylation sites is 3. The summed E-state index contributed by atoms with van der Waals surface area (Å²) in [6.07, 6.45) is 0. The SMILES string of the molecule is [2H]c1cc([2H])c2c(c1)c1c([2H])c([2H])c3c4cc([2H])cc([2H])c4n(-c4cccc5c4sc4cccc(-c6nc(-c7ccccc7)cc(-c7ccccc7)n6)c45)c3c1n2-c1ccccc1. The van der Waals surface area contributed by atoms with E-state index in [1.807, 2.05) is 100 Å². The summed E-state index contributed by atoms with van der Waals surface area (Å²) < 4.78 is 61.3. The van der Waals surface area contributed by atoms with E-state index in [2.05, 4.69) is 42.5 Å². The van der Waals surface area contributed by atoms with E-state index in [0.29, 0.717) is 49.4 Å². The second-order valence-corrected chi connectivity index (χ2v) is 15.1. The zero-order valence-electron chi connectivity index (χ0n) is 36.2. The van der Waals surface area contributed by atoms with Gasteiger partial charge in [0.1, 0.15) is 0 Å². The number of nitrogens with zero attached hydrogens (tertiary/aromatic N) is 4. The standard InChI is InChI=1S/C52H32N4S/c1-4-16-33(17-5-1)42-32-43(34-18-6-2-7-19-34)54-52(53-42)41-25-15-29-47-48(41)40-24-14-28-46(51(40)57-47)56-45-27-13-11-23-37(45)39-31-30-38-36-22-10-12-26-44(36)55(49(38)50(39)56)35-20-8-3-9-21-35/h1-32H/i10D,11D,26D,27D,30D,31D. The van der Waals surface area contributed by atoms with E-state index < -0.39 is 0 Å². The molecular weight excluding hydrogens is 713 g/mol. The molecule has 0 radical (unpaired) electrons. The van der Waals surface area contributed by atoms with Crippen molar-refractivity contribution in [2.24, 2.45) is 0 Å². The molecule has 0 bridgehead atoms. The Balaban J connectivity index is 1.23. The first kappa shape index (κ1) is 26.5. The molecule has 0 fully saturated rings. The first-order chi connectivity index (χ1) is 30.7. The average Bonchev–Trinajstić information content (AvgIpc) is 3.97. The minimum atomic E-state index is -0.0456. The molecule has 8 aromatic carbocycles. The van der Waals surface area contributed by atoms with Gasteiger partial charge in [0.05, 0.1) is 52.1 Å². The highest BCUT2D eigenvalue weighted by molar-refractivity contribution is 7.26. The molecule has 0 aliphatic carbocycles. The Labute approximate surface area is 340 Å². The number of aromatic nitrogens is 4. The molecule has 12 rings (SSSR count). The lowest BCUT2D eigenvalue weighted by atomic mass is 10.0. The number of fused-ring (bicyclic) bond motifs is 10. The van der Waals surface area contributed by atoms with E-state index in [-0.39, 0.29) is 36.3 Å². The summed E-state index contributed by atoms with van der Waals surface area (Å²) >= 11 is 1.63. The average molecular weight is 751 g/mol. The molecule has 0 unspecified atom stereocenters. The second kappa shape index (κ2) is 12.6. The Kier molecular flexibility index (Phi) is 5.85. The van der Waals surface area contributed by atoms with Crippen molar-refractivity contribution in [1.82, 2.24) is 19.1 Å². The van der Waals surface area contributed by atoms with Crippen LogP contribution < -0.4 is 0 Å². The minimum absolute atomic E-state index is 0.0412. The number of rotatable bonds is 5. The van der Waals surface area contributed by atoms with E-state index >= 15 is 0 Å². The molecule has 0 saturated carbocycles. The van der Waals surface area contributed by atoms with Crippen molar-refractivity contribution < 1.29 is 8.22 Å². The Bertz CT molecular complexity index is 3800. The maximum atomic E-state index is 9.66. The summed E-state index contributed by atoms with van der Waals surface area (Å²) in [5.41, 5.74) is 8.19. The Morgan fingerprint density at radius 3 is 1.70 bits per heavy atom. The number of thiophene rings is 1. The highest BCUT2D eigenvalue weighted by atomic mass is 32.1. The molecule has 4 nitrogen and oxygen atoms in total. The van der Waals surface area contributed by atoms with Crippen LogP contribution in [0.2, 0.25) is 0 Å². The number of hydrogen-bond acceptors (Lipinski definition) is 3. The largest absolute Gasteiger partial charge is 0.307 e. The molecular formula is C52H32N4S. The molecule has 5 heteroatoms. The van der Waals surface area contributed by atoms with Crippen molar-refractivity contribution in [2.75, 3.05) is 0 Å². The predicted molar refractivity (Wildman–Crippen MR) is 240 cm³/mol. The van der Waals surface area contributed by atoms with Crippen LogP contribution in [0.15, 0.2) is 194 Å². The molecule has 0 spiro atoms. The third-order valence-corrected chi connectivity index (χ3v) is 12.1. The van der Waals surface area contributed by atoms with Gasteiger partial charge in [-0.2, -0.15) is 0 Å². The molecule has 266 valence electrons. The molecule has 4 heterocycles. The summed E-state index contributed by atoms with van der Waals surface area (Å²) in [6.45, 7) is 0. The van der Waals surface area contributed by atoms with Crippen LogP contribution in [-0.2, 0) is 0 Å². The fourth-order valence-corrected chi connectivity index (χ4v) is 9.63. The van der Waals surface area contributed by atoms with Gasteiger partial charge in [-0.25, -0.2) is 9.97 Å². The normalized spacial score (nSPS) is 13.3. The maximum absolute atomic E-state index is 9.66. The van der Waals surface area contributed by atoms with Gasteiger partial charge in [-0.05, 0) is 42.4 Å². The zero-order valence-corrected chi connectivity index (χ0v) is 31.0. The molecule has 12 aromatic rings. The summed E-state index contributed by atoms with van der Waals surface area (Å²) in [4.78, 5) is 10.4. The summed E-state index contributed by atoms with van der Waals surface area (Å²) in [5, 5.41) is 3.91. The van der Waals surface area contributed by atoms with Crippen molar-refractivity contribution in [3.8, 4) is 45.3 Å². The van der Waals surface area contributed by atoms with Crippen LogP contribution in [0.25, 0.3) is 109 Å². The summed E-state index contributed by atoms with van der Waals surface area (Å²) in [7, 11) is 0. The second-order valence-electron chi connectivity index (χ2n) is 14.1. The monoisotopic (exact) mass is 750 g/mol. The van der Waals surface area contributed by atoms with Gasteiger partial charge in [0.15, 0.2) is 5.82 Å². The predicted octanol–water partition coefficient (Wildman–Crippen LogP) is 14.0. The Morgan fingerprint density at radius 2 is 1.05 bits per heavy atom. The molecule has 57 heavy (non-hydrogen) atoms. The molecule has 0 amide bonds. The van der Waals surface area contributed by atoms with E-state index in [0.717, 1.165) is 59.6 Å². The van der Waals surface area contributed by atoms with Crippen LogP contribution in [0.5, 0.6) is 0 Å². The van der Waals surface area contributed by atoms with Gasteiger partial charge in [0, 0.05) is 59.4 Å². The Morgan fingerprint density at radius 1 is 0.474 bits per heavy atom. The smallest absolute Gasteiger partial charge is 0.161 e. The van der Waals surface area contributed by atoms with E-state index in [9.17, 15) is 5.48 Å². The maximum Gasteiger partial charge on any atom is 0.161 e. The van der Waals surface area contributed by atoms with Crippen molar-refractivity contribution in [3.63, 3.8) is 0 Å². The fourth-order valence-electron chi connectivity index (χ4n) is 8.40. The van der Waals surface area contributed by atoms with Gasteiger partial charge in [-0.15, -0.1) is 11.3 Å². The molecule has 0 aliphatic heterocycles. The van der Waals surface area contributed by atoms with Crippen LogP contribution in [0.3, 0.4) is 0 Å². The van der Waals surface area contributed by atoms with Gasteiger partial charge >= 0.3 is 0 Å². The molecule has 4 aromatic heterocycles. The van der Waals surface area contributed by atoms with Crippen LogP contribution in [-0.4, -0.2) is 19.1 Å². The Hall–Kier alpha value is -7.34. The lowest BCUT2D eigenvalue weighted by molar-refractivity contribution is 1.16. The van der Waals surface area contributed by atoms with Crippen LogP contribution >= 0.6 is 11.3 Å². The summed E-state index contributed by atoms with van der Waals surface area (Å²) in [5.74, 6) is 0.593. The third-order valence-electron chi connectivity index (χ3n) is 10.9. The van der Waals surface area contributed by atoms with Gasteiger partial charge in [-0.1, -0.05) is 152 Å². The summed E-state index contributed by atoms with van der Waals surface area (Å²) in [6, 6.07) is 51.1. The van der Waals surface area contributed by atoms with E-state index in [1.165, 1.54) is 12.1 Å². The van der Waals surface area contributed by atoms with Gasteiger partial charge < -0.3 is 9.13 Å². The third kappa shape index (κ3) is 4.86. The lowest BCUT2D eigenvalue weighted by Crippen LogP contribution is -1.98. The zero-order chi connectivity index (χ0) is 42.7. The molecule has 0 atom stereocenters. The number of hydrogen-bond donors (Lipinski definition) is 0. The topological polar surface area (TPSA) is 35.6 Å². The van der Waals surface area contributed by atoms with Crippen molar-refractivity contribution >= 4 is 75.1 Å². The highest BCUT2D eigenvalue weighted by Gasteiger charge is 2.23. The minimum Gasteiger partial charge on any atom is -0.307 e. The first-order valence-electron chi connectivity index (χ1n) is 21.8. The fraction of sp³-hybridized carbons (Fsp3) is 0. The highest BCUT2D eigenvalue weighted by Crippen LogP contribution is 2.46. The van der Waals surface area contributed by atoms with Crippen LogP contribution in [0, 0.1) is 0 Å². The lowest BCUT2D eigenvalue weighted by Gasteiger charge is -2.13. The van der Waals surface area contributed by atoms with Crippen molar-refractivity contribution in [3.05, 3.63) is 194 Å². The van der Waals surface area contributed by atoms with Gasteiger partial charge in [0.25, 0.3) is 0 Å². The van der Waals surface area contributed by atoms with Crippen molar-refractivity contribution in [2.45, 2.75) is 0 Å². The van der Waals surface area contributed by atoms with Crippen molar-refractivity contribution in [1.29, 1.82) is 0 Å². The van der Waals surface area contributed by atoms with E-state index in [1.54, 1.807) is 23.5 Å². The molecule has 0 aliphatic rings. The number of benzene rings is 8. The molecule has 0 N–H and O–H groups in total. The van der Waals surface area contributed by atoms with Crippen LogP contribution in [0.4, 0.5) is 0 Å². The van der Waals surface area contributed by atoms with Gasteiger partial charge in [-0.3, -0.25) is 0 Å². The van der Waals surface area contributed by atoms with Crippen LogP contribution in [0.1, 0.15) is 8.22 Å². The molecule has 0 saturated heterocycles. The first-order valence-corrected chi connectivity index (χ1v) is 19.6. The van der Waals surface area contributed by atoms with Gasteiger partial charge in [0.2, 0.25) is 0 Å².